The predicted octanol–water partition coefficient (Wildman–Crippen LogP) is 4.45. The highest BCUT2D eigenvalue weighted by Gasteiger charge is 2.12. The van der Waals surface area contributed by atoms with Crippen LogP contribution in [0.25, 0.3) is 11.3 Å². The highest BCUT2D eigenvalue weighted by molar-refractivity contribution is 5.65. The zero-order valence-electron chi connectivity index (χ0n) is 10.9. The number of benzene rings is 1. The van der Waals surface area contributed by atoms with Crippen molar-refractivity contribution in [2.24, 2.45) is 5.41 Å². The van der Waals surface area contributed by atoms with Gasteiger partial charge in [-0.25, -0.2) is 0 Å². The molecule has 2 rings (SSSR count). The quantitative estimate of drug-likeness (QED) is 0.778. The monoisotopic (exact) mass is 226 g/mol. The van der Waals surface area contributed by atoms with Crippen molar-refractivity contribution in [3.05, 3.63) is 54.6 Å². The lowest BCUT2D eigenvalue weighted by Crippen LogP contribution is -2.09. The molecule has 0 aliphatic carbocycles. The third-order valence-electron chi connectivity index (χ3n) is 2.79. The molecule has 0 spiro atoms. The van der Waals surface area contributed by atoms with Gasteiger partial charge in [-0.05, 0) is 42.0 Å². The molecule has 1 aromatic heterocycles. The van der Waals surface area contributed by atoms with Crippen LogP contribution in [0.4, 0.5) is 0 Å². The fourth-order valence-corrected chi connectivity index (χ4v) is 2.13. The summed E-state index contributed by atoms with van der Waals surface area (Å²) in [4.78, 5) is 3.22. The lowest BCUT2D eigenvalue weighted by molar-refractivity contribution is 0.411. The van der Waals surface area contributed by atoms with Crippen LogP contribution in [0.2, 0.25) is 0 Å². The van der Waals surface area contributed by atoms with Gasteiger partial charge in [-0.2, -0.15) is 0 Å². The van der Waals surface area contributed by atoms with Crippen molar-refractivity contribution in [3.8, 4) is 11.3 Å². The molecular formula is C16H20N. The second-order valence-electron chi connectivity index (χ2n) is 5.81. The van der Waals surface area contributed by atoms with Crippen LogP contribution in [0.1, 0.15) is 31.9 Å². The first kappa shape index (κ1) is 12.0. The zero-order chi connectivity index (χ0) is 12.5. The molecule has 0 saturated heterocycles. The van der Waals surface area contributed by atoms with E-state index in [2.05, 4.69) is 56.9 Å². The molecule has 1 aromatic carbocycles. The lowest BCUT2D eigenvalue weighted by atomic mass is 9.87. The highest BCUT2D eigenvalue weighted by Crippen LogP contribution is 2.26. The van der Waals surface area contributed by atoms with Crippen molar-refractivity contribution in [3.63, 3.8) is 0 Å². The Morgan fingerprint density at radius 2 is 1.94 bits per heavy atom. The largest absolute Gasteiger partial charge is 0.361 e. The van der Waals surface area contributed by atoms with E-state index in [9.17, 15) is 0 Å². The van der Waals surface area contributed by atoms with E-state index in [-0.39, 0.29) is 0 Å². The van der Waals surface area contributed by atoms with Gasteiger partial charge in [0.2, 0.25) is 0 Å². The van der Waals surface area contributed by atoms with E-state index in [1.807, 2.05) is 12.3 Å². The minimum Gasteiger partial charge on any atom is -0.361 e. The molecule has 1 heterocycles. The van der Waals surface area contributed by atoms with Crippen LogP contribution in [-0.2, 0) is 6.42 Å². The highest BCUT2D eigenvalue weighted by atomic mass is 14.7. The molecule has 1 nitrogen and oxygen atoms in total. The van der Waals surface area contributed by atoms with Gasteiger partial charge in [-0.1, -0.05) is 39.0 Å². The smallest absolute Gasteiger partial charge is 0.0456 e. The molecule has 1 N–H and O–H groups in total. The molecule has 0 aliphatic heterocycles. The van der Waals surface area contributed by atoms with Crippen molar-refractivity contribution < 1.29 is 0 Å². The first-order valence-electron chi connectivity index (χ1n) is 6.04. The number of hydrogen-bond donors (Lipinski definition) is 1. The molecular weight excluding hydrogens is 206 g/mol. The molecule has 0 bridgehead atoms. The summed E-state index contributed by atoms with van der Waals surface area (Å²) in [6.45, 7) is 10.9. The Hall–Kier alpha value is -1.50. The molecule has 0 amide bonds. The van der Waals surface area contributed by atoms with Crippen LogP contribution in [0.3, 0.4) is 0 Å². The van der Waals surface area contributed by atoms with Gasteiger partial charge in [-0.3, -0.25) is 0 Å². The third-order valence-corrected chi connectivity index (χ3v) is 2.79. The van der Waals surface area contributed by atoms with Gasteiger partial charge in [0, 0.05) is 17.5 Å². The van der Waals surface area contributed by atoms with Gasteiger partial charge in [0.05, 0.1) is 0 Å². The SMILES string of the molecule is [CH2]c1cc(CC(C)(C)C)ccc1-c1ccc[nH]1. The average Bonchev–Trinajstić information content (AvgIpc) is 2.68. The topological polar surface area (TPSA) is 15.8 Å². The van der Waals surface area contributed by atoms with E-state index < -0.39 is 0 Å². The molecule has 1 heteroatoms. The fourth-order valence-electron chi connectivity index (χ4n) is 2.13. The van der Waals surface area contributed by atoms with Gasteiger partial charge in [0.25, 0.3) is 0 Å². The molecule has 1 radical (unpaired) electrons. The predicted molar refractivity (Wildman–Crippen MR) is 73.8 cm³/mol. The maximum atomic E-state index is 4.15. The number of aromatic nitrogens is 1. The fraction of sp³-hybridized carbons (Fsp3) is 0.312. The Bertz CT molecular complexity index is 487. The molecule has 0 aliphatic rings. The Kier molecular flexibility index (Phi) is 3.10. The van der Waals surface area contributed by atoms with Crippen LogP contribution in [0, 0.1) is 12.3 Å². The Morgan fingerprint density at radius 3 is 2.47 bits per heavy atom. The first-order valence-corrected chi connectivity index (χ1v) is 6.04. The molecule has 89 valence electrons. The van der Waals surface area contributed by atoms with Crippen LogP contribution in [-0.4, -0.2) is 4.98 Å². The number of rotatable bonds is 2. The van der Waals surface area contributed by atoms with E-state index in [0.29, 0.717) is 5.41 Å². The van der Waals surface area contributed by atoms with Gasteiger partial charge in [-0.15, -0.1) is 0 Å². The van der Waals surface area contributed by atoms with E-state index >= 15 is 0 Å². The summed E-state index contributed by atoms with van der Waals surface area (Å²) in [5.41, 5.74) is 5.09. The van der Waals surface area contributed by atoms with Crippen LogP contribution in [0.5, 0.6) is 0 Å². The summed E-state index contributed by atoms with van der Waals surface area (Å²) in [6.07, 6.45) is 3.03. The van der Waals surface area contributed by atoms with Crippen molar-refractivity contribution >= 4 is 0 Å². The summed E-state index contributed by atoms with van der Waals surface area (Å²) in [5, 5.41) is 0. The molecule has 0 saturated carbocycles. The minimum absolute atomic E-state index is 0.320. The maximum Gasteiger partial charge on any atom is 0.0456 e. The number of hydrogen-bond acceptors (Lipinski definition) is 0. The molecule has 0 unspecified atom stereocenters. The van der Waals surface area contributed by atoms with Gasteiger partial charge >= 0.3 is 0 Å². The summed E-state index contributed by atoms with van der Waals surface area (Å²) in [5.74, 6) is 0. The van der Waals surface area contributed by atoms with E-state index in [4.69, 9.17) is 0 Å². The Labute approximate surface area is 104 Å². The second-order valence-corrected chi connectivity index (χ2v) is 5.81. The van der Waals surface area contributed by atoms with Gasteiger partial charge in [0.1, 0.15) is 0 Å². The average molecular weight is 226 g/mol. The van der Waals surface area contributed by atoms with Crippen LogP contribution < -0.4 is 0 Å². The van der Waals surface area contributed by atoms with Gasteiger partial charge in [0.15, 0.2) is 0 Å². The number of aromatic amines is 1. The van der Waals surface area contributed by atoms with Gasteiger partial charge < -0.3 is 4.98 Å². The van der Waals surface area contributed by atoms with Crippen molar-refractivity contribution in [2.45, 2.75) is 27.2 Å². The van der Waals surface area contributed by atoms with E-state index in [1.54, 1.807) is 0 Å². The minimum atomic E-state index is 0.320. The van der Waals surface area contributed by atoms with Crippen LogP contribution >= 0.6 is 0 Å². The maximum absolute atomic E-state index is 4.15. The Morgan fingerprint density at radius 1 is 1.18 bits per heavy atom. The summed E-state index contributed by atoms with van der Waals surface area (Å²) in [6, 6.07) is 10.7. The molecule has 0 atom stereocenters. The zero-order valence-corrected chi connectivity index (χ0v) is 10.9. The van der Waals surface area contributed by atoms with E-state index in [1.165, 1.54) is 11.1 Å². The first-order chi connectivity index (χ1) is 7.96. The molecule has 17 heavy (non-hydrogen) atoms. The van der Waals surface area contributed by atoms with Crippen molar-refractivity contribution in [1.29, 1.82) is 0 Å². The normalized spacial score (nSPS) is 11.8. The second kappa shape index (κ2) is 4.40. The number of H-pyrrole nitrogens is 1. The summed E-state index contributed by atoms with van der Waals surface area (Å²) >= 11 is 0. The molecule has 0 fully saturated rings. The standard InChI is InChI=1S/C16H20N/c1-12-10-13(11-16(2,3)4)7-8-14(12)15-6-5-9-17-15/h5-10,17H,1,11H2,2-4H3. The lowest BCUT2D eigenvalue weighted by Gasteiger charge is -2.19. The molecule has 2 aromatic rings. The Balaban J connectivity index is 2.30. The van der Waals surface area contributed by atoms with Crippen molar-refractivity contribution in [1.82, 2.24) is 4.98 Å². The van der Waals surface area contributed by atoms with Crippen molar-refractivity contribution in [2.75, 3.05) is 0 Å². The third kappa shape index (κ3) is 3.00. The van der Waals surface area contributed by atoms with E-state index in [0.717, 1.165) is 17.7 Å². The number of nitrogens with one attached hydrogen (secondary N) is 1. The summed E-state index contributed by atoms with van der Waals surface area (Å²) in [7, 11) is 0. The summed E-state index contributed by atoms with van der Waals surface area (Å²) < 4.78 is 0. The van der Waals surface area contributed by atoms with Crippen LogP contribution in [0.15, 0.2) is 36.5 Å².